The first kappa shape index (κ1) is 15.4. The Hall–Kier alpha value is -0.520. The van der Waals surface area contributed by atoms with E-state index in [0.29, 0.717) is 5.56 Å². The van der Waals surface area contributed by atoms with Gasteiger partial charge in [0.25, 0.3) is 0 Å². The molecule has 1 aromatic heterocycles. The molecule has 0 aromatic carbocycles. The van der Waals surface area contributed by atoms with Crippen molar-refractivity contribution in [3.63, 3.8) is 0 Å². The number of nitrogens with two attached hydrogens (primary N) is 1. The van der Waals surface area contributed by atoms with Crippen LogP contribution in [-0.4, -0.2) is 53.2 Å². The number of sulfonamides is 1. The summed E-state index contributed by atoms with van der Waals surface area (Å²) < 4.78 is 47.9. The van der Waals surface area contributed by atoms with E-state index in [9.17, 15) is 16.8 Å². The van der Waals surface area contributed by atoms with Gasteiger partial charge in [0, 0.05) is 24.2 Å². The van der Waals surface area contributed by atoms with Gasteiger partial charge in [-0.05, 0) is 20.0 Å². The smallest absolute Gasteiger partial charge is 0.247 e. The predicted molar refractivity (Wildman–Crippen MR) is 79.5 cm³/mol. The van der Waals surface area contributed by atoms with Crippen LogP contribution >= 0.6 is 11.3 Å². The van der Waals surface area contributed by atoms with Crippen molar-refractivity contribution in [2.75, 3.05) is 19.3 Å². The third-order valence-electron chi connectivity index (χ3n) is 3.97. The van der Waals surface area contributed by atoms with Crippen LogP contribution in [0.5, 0.6) is 0 Å². The third kappa shape index (κ3) is 2.53. The lowest BCUT2D eigenvalue weighted by Crippen LogP contribution is -2.59. The highest BCUT2D eigenvalue weighted by Gasteiger charge is 2.44. The molecule has 7 nitrogen and oxygen atoms in total. The zero-order chi connectivity index (χ0) is 15.6. The van der Waals surface area contributed by atoms with Gasteiger partial charge in [0.05, 0.1) is 11.8 Å². The molecule has 1 unspecified atom stereocenters. The van der Waals surface area contributed by atoms with Crippen molar-refractivity contribution in [1.82, 2.24) is 10.2 Å². The molecule has 3 heterocycles. The summed E-state index contributed by atoms with van der Waals surface area (Å²) in [4.78, 5) is 2.01. The van der Waals surface area contributed by atoms with E-state index in [0.717, 1.165) is 17.9 Å². The summed E-state index contributed by atoms with van der Waals surface area (Å²) in [5.41, 5.74) is 0.527. The highest BCUT2D eigenvalue weighted by atomic mass is 32.3. The number of primary sulfonamides is 1. The molecule has 0 spiro atoms. The Bertz CT molecular complexity index is 784. The van der Waals surface area contributed by atoms with E-state index in [1.165, 1.54) is 6.07 Å². The Morgan fingerprint density at radius 2 is 2.14 bits per heavy atom. The predicted octanol–water partition coefficient (Wildman–Crippen LogP) is -0.484. The molecular weight excluding hydrogens is 334 g/mol. The van der Waals surface area contributed by atoms with Crippen molar-refractivity contribution in [3.8, 4) is 0 Å². The maximum atomic E-state index is 12.4. The molecule has 2 aliphatic rings. The molecule has 1 aromatic rings. The average Bonchev–Trinajstić information content (AvgIpc) is 2.77. The lowest BCUT2D eigenvalue weighted by atomic mass is 9.97. The van der Waals surface area contributed by atoms with Gasteiger partial charge in [-0.15, -0.1) is 11.3 Å². The number of thiophene rings is 1. The third-order valence-corrected chi connectivity index (χ3v) is 8.93. The van der Waals surface area contributed by atoms with Crippen LogP contribution in [-0.2, 0) is 19.9 Å². The lowest BCUT2D eigenvalue weighted by Gasteiger charge is -2.45. The number of likely N-dealkylation sites (N-methyl/N-ethyl adjacent to an activating group) is 1. The molecule has 3 atom stereocenters. The zero-order valence-electron chi connectivity index (χ0n) is 11.6. The van der Waals surface area contributed by atoms with Gasteiger partial charge in [-0.25, -0.2) is 22.0 Å². The van der Waals surface area contributed by atoms with Gasteiger partial charge in [-0.2, -0.15) is 0 Å². The first-order chi connectivity index (χ1) is 9.59. The van der Waals surface area contributed by atoms with Gasteiger partial charge in [-0.1, -0.05) is 0 Å². The summed E-state index contributed by atoms with van der Waals surface area (Å²) in [6, 6.07) is 1.22. The molecule has 0 aliphatic carbocycles. The number of rotatable bonds is 1. The summed E-state index contributed by atoms with van der Waals surface area (Å²) in [5.74, 6) is -0.00847. The molecular formula is C11H17N3O4S3. The normalized spacial score (nSPS) is 32.4. The largest absolute Gasteiger partial charge is 0.305 e. The summed E-state index contributed by atoms with van der Waals surface area (Å²) in [7, 11) is -5.49. The second-order valence-electron chi connectivity index (χ2n) is 5.69. The van der Waals surface area contributed by atoms with Gasteiger partial charge in [0.1, 0.15) is 8.42 Å². The molecule has 0 bridgehead atoms. The molecule has 3 rings (SSSR count). The van der Waals surface area contributed by atoms with Crippen LogP contribution in [0.3, 0.4) is 0 Å². The first-order valence-electron chi connectivity index (χ1n) is 6.45. The van der Waals surface area contributed by atoms with Crippen LogP contribution in [0, 0.1) is 0 Å². The fraction of sp³-hybridized carbons (Fsp3) is 0.636. The SMILES string of the molecule is C[C@H]1CN(C)C2CS(=O)(=O)c3sc(S(N)(=O)=O)cc3[C@H]2N1. The monoisotopic (exact) mass is 351 g/mol. The van der Waals surface area contributed by atoms with Crippen molar-refractivity contribution >= 4 is 31.2 Å². The van der Waals surface area contributed by atoms with Gasteiger partial charge < -0.3 is 5.32 Å². The van der Waals surface area contributed by atoms with Crippen molar-refractivity contribution < 1.29 is 16.8 Å². The van der Waals surface area contributed by atoms with E-state index in [-0.39, 0.29) is 32.3 Å². The van der Waals surface area contributed by atoms with Crippen LogP contribution in [0.15, 0.2) is 14.5 Å². The summed E-state index contributed by atoms with van der Waals surface area (Å²) in [5, 5.41) is 8.51. The van der Waals surface area contributed by atoms with Crippen molar-refractivity contribution in [3.05, 3.63) is 11.6 Å². The molecule has 0 amide bonds. The summed E-state index contributed by atoms with van der Waals surface area (Å²) >= 11 is 0.748. The van der Waals surface area contributed by atoms with E-state index < -0.39 is 19.9 Å². The fourth-order valence-electron chi connectivity index (χ4n) is 3.08. The van der Waals surface area contributed by atoms with Crippen LogP contribution < -0.4 is 10.5 Å². The maximum absolute atomic E-state index is 12.4. The first-order valence-corrected chi connectivity index (χ1v) is 10.5. The Labute approximate surface area is 128 Å². The van der Waals surface area contributed by atoms with Gasteiger partial charge in [0.2, 0.25) is 10.0 Å². The minimum atomic E-state index is -3.90. The number of nitrogens with zero attached hydrogens (tertiary/aromatic N) is 1. The van der Waals surface area contributed by atoms with Crippen molar-refractivity contribution in [1.29, 1.82) is 0 Å². The van der Waals surface area contributed by atoms with Crippen LogP contribution in [0.25, 0.3) is 0 Å². The molecule has 1 saturated heterocycles. The number of sulfone groups is 1. The molecule has 2 aliphatic heterocycles. The molecule has 10 heteroatoms. The number of hydrogen-bond donors (Lipinski definition) is 2. The highest BCUT2D eigenvalue weighted by Crippen LogP contribution is 2.42. The van der Waals surface area contributed by atoms with Gasteiger partial charge >= 0.3 is 0 Å². The minimum absolute atomic E-state index is 0.00847. The van der Waals surface area contributed by atoms with Gasteiger partial charge in [-0.3, -0.25) is 4.90 Å². The zero-order valence-corrected chi connectivity index (χ0v) is 14.1. The molecule has 118 valence electrons. The van der Waals surface area contributed by atoms with Crippen molar-refractivity contribution in [2.45, 2.75) is 33.5 Å². The Kier molecular flexibility index (Phi) is 3.47. The molecule has 21 heavy (non-hydrogen) atoms. The second-order valence-corrected chi connectivity index (χ2v) is 10.8. The number of hydrogen-bond acceptors (Lipinski definition) is 7. The second kappa shape index (κ2) is 4.74. The fourth-order valence-corrected chi connectivity index (χ4v) is 7.49. The van der Waals surface area contributed by atoms with E-state index in [1.807, 2.05) is 18.9 Å². The Morgan fingerprint density at radius 1 is 1.48 bits per heavy atom. The van der Waals surface area contributed by atoms with E-state index in [4.69, 9.17) is 5.14 Å². The Balaban J connectivity index is 2.18. The molecule has 3 N–H and O–H groups in total. The summed E-state index contributed by atoms with van der Waals surface area (Å²) in [6.07, 6.45) is 0. The highest BCUT2D eigenvalue weighted by molar-refractivity contribution is 7.95. The summed E-state index contributed by atoms with van der Waals surface area (Å²) in [6.45, 7) is 2.76. The minimum Gasteiger partial charge on any atom is -0.305 e. The topological polar surface area (TPSA) is 110 Å². The average molecular weight is 351 g/mol. The van der Waals surface area contributed by atoms with E-state index in [2.05, 4.69) is 5.32 Å². The van der Waals surface area contributed by atoms with Crippen LogP contribution in [0.2, 0.25) is 0 Å². The Morgan fingerprint density at radius 3 is 2.76 bits per heavy atom. The maximum Gasteiger partial charge on any atom is 0.247 e. The molecule has 1 fully saturated rings. The number of piperazine rings is 1. The number of fused-ring (bicyclic) bond motifs is 3. The molecule has 0 radical (unpaired) electrons. The quantitative estimate of drug-likeness (QED) is 0.707. The van der Waals surface area contributed by atoms with Crippen LogP contribution in [0.1, 0.15) is 18.5 Å². The number of nitrogens with one attached hydrogen (secondary N) is 1. The van der Waals surface area contributed by atoms with Gasteiger partial charge in [0.15, 0.2) is 9.84 Å². The lowest BCUT2D eigenvalue weighted by molar-refractivity contribution is 0.132. The molecule has 0 saturated carbocycles. The standard InChI is InChI=1S/C11H17N3O4S3/c1-6-4-14(2)8-5-20(15,16)11-7(10(8)13-6)3-9(19-11)21(12,17)18/h3,6,8,10,13H,4-5H2,1-2H3,(H2,12,17,18)/t6-,8?,10+/m0/s1. The van der Waals surface area contributed by atoms with E-state index in [1.54, 1.807) is 0 Å². The van der Waals surface area contributed by atoms with E-state index >= 15 is 0 Å². The van der Waals surface area contributed by atoms with Crippen molar-refractivity contribution in [2.24, 2.45) is 5.14 Å². The van der Waals surface area contributed by atoms with Crippen LogP contribution in [0.4, 0.5) is 0 Å².